The molecule has 10 heteroatoms. The number of hydrogen-bond acceptors (Lipinski definition) is 6. The van der Waals surface area contributed by atoms with E-state index < -0.39 is 5.60 Å². The van der Waals surface area contributed by atoms with Gasteiger partial charge in [-0.15, -0.1) is 24.0 Å². The molecule has 2 bridgehead atoms. The van der Waals surface area contributed by atoms with E-state index in [1.165, 1.54) is 0 Å². The van der Waals surface area contributed by atoms with Crippen LogP contribution >= 0.6 is 24.0 Å². The zero-order valence-corrected chi connectivity index (χ0v) is 22.7. The molecule has 182 valence electrons. The molecule has 2 aliphatic heterocycles. The molecule has 2 atom stereocenters. The smallest absolute Gasteiger partial charge is 0.410 e. The molecule has 1 aromatic heterocycles. The third kappa shape index (κ3) is 6.95. The van der Waals surface area contributed by atoms with E-state index in [2.05, 4.69) is 25.8 Å². The SMILES string of the molecule is CCNC(=NCc1noc(C(C)(C)C)n1)NC1CC2CCC(C1)N2C(=O)OC(C)(C)C.I. The highest BCUT2D eigenvalue weighted by atomic mass is 127. The van der Waals surface area contributed by atoms with Crippen LogP contribution in [0.15, 0.2) is 9.52 Å². The Morgan fingerprint density at radius 2 is 1.81 bits per heavy atom. The normalized spacial score (nSPS) is 23.5. The van der Waals surface area contributed by atoms with Gasteiger partial charge in [0.05, 0.1) is 0 Å². The Kier molecular flexibility index (Phi) is 8.80. The van der Waals surface area contributed by atoms with Crippen molar-refractivity contribution in [2.24, 2.45) is 4.99 Å². The van der Waals surface area contributed by atoms with Crippen LogP contribution in [0.1, 0.15) is 85.9 Å². The maximum atomic E-state index is 12.7. The topological polar surface area (TPSA) is 105 Å². The second-order valence-corrected chi connectivity index (χ2v) is 10.5. The molecule has 3 heterocycles. The predicted molar refractivity (Wildman–Crippen MR) is 134 cm³/mol. The lowest BCUT2D eigenvalue weighted by Crippen LogP contribution is -2.55. The lowest BCUT2D eigenvalue weighted by molar-refractivity contribution is 0.00545. The van der Waals surface area contributed by atoms with Crippen molar-refractivity contribution in [3.05, 3.63) is 11.7 Å². The molecule has 3 rings (SSSR count). The van der Waals surface area contributed by atoms with Crippen LogP contribution in [0.2, 0.25) is 0 Å². The summed E-state index contributed by atoms with van der Waals surface area (Å²) in [6, 6.07) is 0.672. The first kappa shape index (κ1) is 26.7. The van der Waals surface area contributed by atoms with Crippen LogP contribution in [-0.4, -0.2) is 57.4 Å². The summed E-state index contributed by atoms with van der Waals surface area (Å²) in [4.78, 5) is 23.7. The zero-order valence-electron chi connectivity index (χ0n) is 20.4. The van der Waals surface area contributed by atoms with Gasteiger partial charge in [-0.25, -0.2) is 9.79 Å². The molecule has 2 N–H and O–H groups in total. The number of carbonyl (C=O) groups excluding carboxylic acids is 1. The van der Waals surface area contributed by atoms with Crippen LogP contribution in [-0.2, 0) is 16.7 Å². The van der Waals surface area contributed by atoms with E-state index in [1.807, 2.05) is 53.4 Å². The number of nitrogens with zero attached hydrogens (tertiary/aromatic N) is 4. The first-order valence-electron chi connectivity index (χ1n) is 11.4. The largest absolute Gasteiger partial charge is 0.444 e. The van der Waals surface area contributed by atoms with E-state index in [1.54, 1.807) is 0 Å². The van der Waals surface area contributed by atoms with Crippen LogP contribution in [0.25, 0.3) is 0 Å². The summed E-state index contributed by atoms with van der Waals surface area (Å²) in [7, 11) is 0. The number of carbonyl (C=O) groups is 1. The van der Waals surface area contributed by atoms with Gasteiger partial charge in [-0.05, 0) is 53.4 Å². The first-order chi connectivity index (χ1) is 14.5. The number of aliphatic imine (C=N–C) groups is 1. The highest BCUT2D eigenvalue weighted by molar-refractivity contribution is 14.0. The Hall–Kier alpha value is -1.59. The first-order valence-corrected chi connectivity index (χ1v) is 11.4. The van der Waals surface area contributed by atoms with Gasteiger partial charge in [-0.3, -0.25) is 0 Å². The Morgan fingerprint density at radius 3 is 2.31 bits per heavy atom. The number of piperidine rings is 1. The number of halogens is 1. The molecule has 2 unspecified atom stereocenters. The van der Waals surface area contributed by atoms with Gasteiger partial charge in [-0.2, -0.15) is 4.98 Å². The Morgan fingerprint density at radius 1 is 1.19 bits per heavy atom. The van der Waals surface area contributed by atoms with Crippen molar-refractivity contribution >= 4 is 36.0 Å². The summed E-state index contributed by atoms with van der Waals surface area (Å²) in [5, 5.41) is 10.9. The highest BCUT2D eigenvalue weighted by Crippen LogP contribution is 2.36. The Labute approximate surface area is 208 Å². The number of fused-ring (bicyclic) bond motifs is 2. The van der Waals surface area contributed by atoms with Crippen molar-refractivity contribution in [2.45, 2.75) is 110 Å². The molecule has 2 saturated heterocycles. The van der Waals surface area contributed by atoms with E-state index in [0.717, 1.165) is 38.2 Å². The zero-order chi connectivity index (χ0) is 22.8. The molecule has 32 heavy (non-hydrogen) atoms. The molecule has 0 radical (unpaired) electrons. The van der Waals surface area contributed by atoms with Crippen LogP contribution in [0.3, 0.4) is 0 Å². The third-order valence-corrected chi connectivity index (χ3v) is 5.51. The fourth-order valence-electron chi connectivity index (χ4n) is 4.19. The van der Waals surface area contributed by atoms with Crippen molar-refractivity contribution in [3.8, 4) is 0 Å². The second kappa shape index (κ2) is 10.6. The monoisotopic (exact) mass is 562 g/mol. The molecule has 0 saturated carbocycles. The van der Waals surface area contributed by atoms with E-state index >= 15 is 0 Å². The molecule has 0 spiro atoms. The molecule has 1 amide bonds. The quantitative estimate of drug-likeness (QED) is 0.325. The summed E-state index contributed by atoms with van der Waals surface area (Å²) in [6.45, 7) is 15.0. The molecule has 2 fully saturated rings. The number of amides is 1. The van der Waals surface area contributed by atoms with Gasteiger partial charge in [0.2, 0.25) is 5.89 Å². The van der Waals surface area contributed by atoms with Crippen molar-refractivity contribution in [3.63, 3.8) is 0 Å². The van der Waals surface area contributed by atoms with Gasteiger partial charge >= 0.3 is 6.09 Å². The fraction of sp³-hybridized carbons (Fsp3) is 0.818. The van der Waals surface area contributed by atoms with Crippen molar-refractivity contribution < 1.29 is 14.1 Å². The number of nitrogens with one attached hydrogen (secondary N) is 2. The Balaban J connectivity index is 0.00000363. The van der Waals surface area contributed by atoms with Crippen molar-refractivity contribution in [1.29, 1.82) is 0 Å². The minimum absolute atomic E-state index is 0. The molecule has 1 aromatic rings. The van der Waals surface area contributed by atoms with Crippen molar-refractivity contribution in [1.82, 2.24) is 25.7 Å². The van der Waals surface area contributed by atoms with Crippen LogP contribution in [0, 0.1) is 0 Å². The van der Waals surface area contributed by atoms with E-state index in [4.69, 9.17) is 9.26 Å². The second-order valence-electron chi connectivity index (χ2n) is 10.5. The Bertz CT molecular complexity index is 784. The van der Waals surface area contributed by atoms with E-state index in [9.17, 15) is 4.79 Å². The highest BCUT2D eigenvalue weighted by Gasteiger charge is 2.45. The number of guanidine groups is 1. The average Bonchev–Trinajstić information content (AvgIpc) is 3.21. The van der Waals surface area contributed by atoms with Gasteiger partial charge in [-0.1, -0.05) is 25.9 Å². The molecular weight excluding hydrogens is 523 g/mol. The lowest BCUT2D eigenvalue weighted by Gasteiger charge is -2.40. The lowest BCUT2D eigenvalue weighted by atomic mass is 9.97. The number of rotatable bonds is 4. The third-order valence-electron chi connectivity index (χ3n) is 5.51. The fourth-order valence-corrected chi connectivity index (χ4v) is 4.19. The number of aromatic nitrogens is 2. The van der Waals surface area contributed by atoms with Gasteiger partial charge in [0, 0.05) is 30.1 Å². The summed E-state index contributed by atoms with van der Waals surface area (Å²) < 4.78 is 11.0. The van der Waals surface area contributed by atoms with Gasteiger partial charge in [0.25, 0.3) is 0 Å². The summed E-state index contributed by atoms with van der Waals surface area (Å²) in [5.74, 6) is 1.92. The van der Waals surface area contributed by atoms with Gasteiger partial charge in [0.1, 0.15) is 12.1 Å². The minimum atomic E-state index is -0.474. The van der Waals surface area contributed by atoms with Crippen LogP contribution in [0.4, 0.5) is 4.79 Å². The van der Waals surface area contributed by atoms with E-state index in [-0.39, 0.29) is 53.6 Å². The van der Waals surface area contributed by atoms with E-state index in [0.29, 0.717) is 18.3 Å². The molecule has 9 nitrogen and oxygen atoms in total. The standard InChI is InChI=1S/C22H38N6O3.HI/c1-8-23-19(24-13-17-26-18(31-27-17)21(2,3)4)25-14-11-15-9-10-16(12-14)28(15)20(29)30-22(5,6)7;/h14-16H,8-13H2,1-7H3,(H2,23,24,25);1H. The maximum absolute atomic E-state index is 12.7. The number of ether oxygens (including phenoxy) is 1. The van der Waals surface area contributed by atoms with Gasteiger partial charge < -0.3 is 24.8 Å². The molecule has 2 aliphatic rings. The summed E-state index contributed by atoms with van der Waals surface area (Å²) in [6.07, 6.45) is 3.63. The predicted octanol–water partition coefficient (Wildman–Crippen LogP) is 3.97. The molecule has 0 aliphatic carbocycles. The van der Waals surface area contributed by atoms with Crippen molar-refractivity contribution in [2.75, 3.05) is 6.54 Å². The molecular formula is C22H39IN6O3. The molecule has 0 aromatic carbocycles. The summed E-state index contributed by atoms with van der Waals surface area (Å²) in [5.41, 5.74) is -0.655. The maximum Gasteiger partial charge on any atom is 0.410 e. The summed E-state index contributed by atoms with van der Waals surface area (Å²) >= 11 is 0. The van der Waals surface area contributed by atoms with Gasteiger partial charge in [0.15, 0.2) is 11.8 Å². The average molecular weight is 562 g/mol. The van der Waals surface area contributed by atoms with Crippen LogP contribution in [0.5, 0.6) is 0 Å². The minimum Gasteiger partial charge on any atom is -0.444 e. The van der Waals surface area contributed by atoms with Crippen LogP contribution < -0.4 is 10.6 Å². The number of hydrogen-bond donors (Lipinski definition) is 2.